The van der Waals surface area contributed by atoms with E-state index in [0.717, 1.165) is 31.3 Å². The van der Waals surface area contributed by atoms with Crippen LogP contribution in [0.2, 0.25) is 0 Å². The minimum Gasteiger partial charge on any atom is -0.364 e. The van der Waals surface area contributed by atoms with Crippen LogP contribution in [0.25, 0.3) is 5.82 Å². The van der Waals surface area contributed by atoms with Gasteiger partial charge in [0, 0.05) is 28.7 Å². The van der Waals surface area contributed by atoms with E-state index in [4.69, 9.17) is 5.73 Å². The van der Waals surface area contributed by atoms with E-state index in [1.807, 2.05) is 0 Å². The van der Waals surface area contributed by atoms with Crippen LogP contribution in [0.3, 0.4) is 0 Å². The summed E-state index contributed by atoms with van der Waals surface area (Å²) in [6.45, 7) is 1.57. The predicted octanol–water partition coefficient (Wildman–Crippen LogP) is 3.40. The molecule has 34 heavy (non-hydrogen) atoms. The molecule has 3 aromatic rings. The van der Waals surface area contributed by atoms with Crippen molar-refractivity contribution in [2.24, 2.45) is 5.73 Å². The normalized spacial score (nSPS) is 14.4. The number of nitrogens with two attached hydrogens (primary N) is 1. The van der Waals surface area contributed by atoms with E-state index in [0.29, 0.717) is 11.9 Å². The molecule has 0 bridgehead atoms. The third kappa shape index (κ3) is 4.87. The summed E-state index contributed by atoms with van der Waals surface area (Å²) in [4.78, 5) is 36.6. The highest BCUT2D eigenvalue weighted by atomic mass is 19.3. The molecular formula is C21H19F4N7O2. The van der Waals surface area contributed by atoms with Gasteiger partial charge in [-0.1, -0.05) is 0 Å². The molecule has 0 radical (unpaired) electrons. The van der Waals surface area contributed by atoms with Crippen LogP contribution in [0.15, 0.2) is 30.6 Å². The number of amides is 2. The number of alkyl halides is 4. The summed E-state index contributed by atoms with van der Waals surface area (Å²) >= 11 is 0. The first kappa shape index (κ1) is 23.3. The van der Waals surface area contributed by atoms with Gasteiger partial charge in [-0.2, -0.15) is 4.68 Å². The Labute approximate surface area is 190 Å². The first-order valence-corrected chi connectivity index (χ1v) is 10.2. The molecule has 1 saturated carbocycles. The number of carbonyl (C=O) groups excluding carboxylic acids is 2. The number of rotatable bonds is 8. The van der Waals surface area contributed by atoms with Crippen LogP contribution < -0.4 is 11.1 Å². The van der Waals surface area contributed by atoms with Crippen LogP contribution in [-0.4, -0.2) is 36.5 Å². The topological polar surface area (TPSA) is 129 Å². The van der Waals surface area contributed by atoms with Gasteiger partial charge in [0.25, 0.3) is 24.7 Å². The van der Waals surface area contributed by atoms with E-state index in [1.54, 1.807) is 6.92 Å². The van der Waals surface area contributed by atoms with Gasteiger partial charge < -0.3 is 11.1 Å². The summed E-state index contributed by atoms with van der Waals surface area (Å²) in [6.07, 6.45) is -3.15. The summed E-state index contributed by atoms with van der Waals surface area (Å²) in [5.41, 5.74) is 3.51. The minimum atomic E-state index is -3.02. The van der Waals surface area contributed by atoms with Gasteiger partial charge in [0.2, 0.25) is 0 Å². The smallest absolute Gasteiger partial charge is 0.267 e. The molecule has 13 heteroatoms. The van der Waals surface area contributed by atoms with Crippen molar-refractivity contribution in [1.82, 2.24) is 30.0 Å². The fourth-order valence-corrected chi connectivity index (χ4v) is 3.31. The zero-order valence-electron chi connectivity index (χ0n) is 17.8. The third-order valence-corrected chi connectivity index (χ3v) is 5.19. The molecular weight excluding hydrogens is 458 g/mol. The van der Waals surface area contributed by atoms with Crippen molar-refractivity contribution in [3.8, 4) is 5.82 Å². The van der Waals surface area contributed by atoms with Crippen LogP contribution in [0.5, 0.6) is 0 Å². The molecule has 0 spiro atoms. The highest BCUT2D eigenvalue weighted by molar-refractivity contribution is 5.95. The number of primary amides is 1. The Morgan fingerprint density at radius 2 is 1.71 bits per heavy atom. The lowest BCUT2D eigenvalue weighted by Gasteiger charge is -2.15. The van der Waals surface area contributed by atoms with Gasteiger partial charge in [0.15, 0.2) is 17.5 Å². The SMILES string of the molecule is C[C@H](NC(=O)c1cc(C(F)F)cc(C(F)F)c1)c1nc(C2CC2)nn1-c1cc(C(N)=O)ncn1. The van der Waals surface area contributed by atoms with Gasteiger partial charge in [0.1, 0.15) is 12.0 Å². The largest absolute Gasteiger partial charge is 0.364 e. The molecule has 1 atom stereocenters. The zero-order chi connectivity index (χ0) is 24.6. The molecule has 3 N–H and O–H groups in total. The molecule has 9 nitrogen and oxygen atoms in total. The molecule has 2 amide bonds. The second-order valence-corrected chi connectivity index (χ2v) is 7.82. The molecule has 2 aromatic heterocycles. The van der Waals surface area contributed by atoms with Crippen molar-refractivity contribution in [1.29, 1.82) is 0 Å². The molecule has 178 valence electrons. The minimum absolute atomic E-state index is 0.0561. The van der Waals surface area contributed by atoms with Crippen LogP contribution in [-0.2, 0) is 0 Å². The molecule has 0 saturated heterocycles. The fourth-order valence-electron chi connectivity index (χ4n) is 3.31. The fraction of sp³-hybridized carbons (Fsp3) is 0.333. The van der Waals surface area contributed by atoms with E-state index < -0.39 is 41.8 Å². The van der Waals surface area contributed by atoms with Crippen molar-refractivity contribution < 1.29 is 27.2 Å². The number of hydrogen-bond acceptors (Lipinski definition) is 6. The highest BCUT2D eigenvalue weighted by Crippen LogP contribution is 2.38. The molecule has 1 aliphatic rings. The number of benzene rings is 1. The summed E-state index contributed by atoms with van der Waals surface area (Å²) in [7, 11) is 0. The summed E-state index contributed by atoms with van der Waals surface area (Å²) in [5, 5.41) is 7.01. The van der Waals surface area contributed by atoms with Crippen molar-refractivity contribution in [3.05, 3.63) is 64.6 Å². The van der Waals surface area contributed by atoms with Crippen molar-refractivity contribution >= 4 is 11.8 Å². The van der Waals surface area contributed by atoms with Crippen LogP contribution in [0.1, 0.15) is 88.2 Å². The van der Waals surface area contributed by atoms with Gasteiger partial charge in [-0.05, 0) is 38.0 Å². The second-order valence-electron chi connectivity index (χ2n) is 7.82. The monoisotopic (exact) mass is 477 g/mol. The number of halogens is 4. The maximum Gasteiger partial charge on any atom is 0.267 e. The lowest BCUT2D eigenvalue weighted by molar-refractivity contribution is 0.0935. The van der Waals surface area contributed by atoms with E-state index >= 15 is 0 Å². The number of aromatic nitrogens is 5. The molecule has 1 aromatic carbocycles. The Kier molecular flexibility index (Phi) is 6.26. The second kappa shape index (κ2) is 9.15. The molecule has 2 heterocycles. The number of hydrogen-bond donors (Lipinski definition) is 2. The number of carbonyl (C=O) groups is 2. The van der Waals surface area contributed by atoms with Crippen molar-refractivity contribution in [3.63, 3.8) is 0 Å². The Bertz CT molecular complexity index is 1220. The lowest BCUT2D eigenvalue weighted by Crippen LogP contribution is -2.29. The summed E-state index contributed by atoms with van der Waals surface area (Å²) in [6, 6.07) is 2.88. The maximum atomic E-state index is 13.2. The molecule has 0 unspecified atom stereocenters. The highest BCUT2D eigenvalue weighted by Gasteiger charge is 2.31. The average molecular weight is 477 g/mol. The van der Waals surface area contributed by atoms with Crippen molar-refractivity contribution in [2.75, 3.05) is 0 Å². The van der Waals surface area contributed by atoms with Crippen LogP contribution >= 0.6 is 0 Å². The molecule has 1 aliphatic carbocycles. The molecule has 1 fully saturated rings. The predicted molar refractivity (Wildman–Crippen MR) is 110 cm³/mol. The van der Waals surface area contributed by atoms with E-state index in [9.17, 15) is 27.2 Å². The van der Waals surface area contributed by atoms with E-state index in [2.05, 4.69) is 25.4 Å². The lowest BCUT2D eigenvalue weighted by atomic mass is 10.0. The summed E-state index contributed by atoms with van der Waals surface area (Å²) < 4.78 is 53.9. The van der Waals surface area contributed by atoms with E-state index in [1.165, 1.54) is 10.7 Å². The van der Waals surface area contributed by atoms with Gasteiger partial charge in [-0.15, -0.1) is 5.10 Å². The number of nitrogens with zero attached hydrogens (tertiary/aromatic N) is 5. The average Bonchev–Trinajstić information content (AvgIpc) is 3.56. The Morgan fingerprint density at radius 1 is 1.06 bits per heavy atom. The zero-order valence-corrected chi connectivity index (χ0v) is 17.8. The van der Waals surface area contributed by atoms with Gasteiger partial charge >= 0.3 is 0 Å². The Hall–Kier alpha value is -3.90. The van der Waals surface area contributed by atoms with Gasteiger partial charge in [-0.3, -0.25) is 9.59 Å². The van der Waals surface area contributed by atoms with E-state index in [-0.39, 0.29) is 28.8 Å². The third-order valence-electron chi connectivity index (χ3n) is 5.19. The van der Waals surface area contributed by atoms with Crippen molar-refractivity contribution in [2.45, 2.75) is 44.6 Å². The Balaban J connectivity index is 1.66. The standard InChI is InChI=1S/C21H19F4N7O2/c1-9(29-21(34)13-5-11(16(22)23)4-12(6-13)17(24)25)20-30-19(10-2-3-10)31-32(20)15-7-14(18(26)33)27-8-28-15/h4-10,16-17H,2-3H2,1H3,(H2,26,33)(H,29,34)/t9-/m0/s1. The molecule has 0 aliphatic heterocycles. The maximum absolute atomic E-state index is 13.2. The van der Waals surface area contributed by atoms with Crippen LogP contribution in [0.4, 0.5) is 17.6 Å². The Morgan fingerprint density at radius 3 is 2.26 bits per heavy atom. The van der Waals surface area contributed by atoms with Gasteiger partial charge in [0.05, 0.1) is 6.04 Å². The summed E-state index contributed by atoms with van der Waals surface area (Å²) in [5.74, 6) is -0.558. The first-order chi connectivity index (χ1) is 16.1. The first-order valence-electron chi connectivity index (χ1n) is 10.2. The van der Waals surface area contributed by atoms with Crippen LogP contribution in [0, 0.1) is 0 Å². The molecule has 4 rings (SSSR count). The van der Waals surface area contributed by atoms with Gasteiger partial charge in [-0.25, -0.2) is 32.5 Å². The number of nitrogens with one attached hydrogen (secondary N) is 1. The quantitative estimate of drug-likeness (QED) is 0.479.